The van der Waals surface area contributed by atoms with Crippen LogP contribution in [0, 0.1) is 0 Å². The molecule has 0 unspecified atom stereocenters. The van der Waals surface area contributed by atoms with Crippen molar-refractivity contribution in [2.75, 3.05) is 6.54 Å². The van der Waals surface area contributed by atoms with Gasteiger partial charge in [0.1, 0.15) is 0 Å². The predicted octanol–water partition coefficient (Wildman–Crippen LogP) is 1.64. The van der Waals surface area contributed by atoms with E-state index >= 15 is 0 Å². The van der Waals surface area contributed by atoms with Crippen LogP contribution < -0.4 is 5.32 Å². The number of H-pyrrole nitrogens is 1. The molecule has 14 heavy (non-hydrogen) atoms. The molecule has 1 aromatic rings. The van der Waals surface area contributed by atoms with Crippen molar-refractivity contribution in [3.63, 3.8) is 0 Å². The molecule has 0 radical (unpaired) electrons. The first kappa shape index (κ1) is 12.5. The summed E-state index contributed by atoms with van der Waals surface area (Å²) < 4.78 is 0. The predicted molar refractivity (Wildman–Crippen MR) is 54.3 cm³/mol. The fourth-order valence-electron chi connectivity index (χ4n) is 0.726. The minimum Gasteiger partial charge on any atom is -0.465 e. The van der Waals surface area contributed by atoms with E-state index in [-0.39, 0.29) is 0 Å². The molecule has 0 aliphatic carbocycles. The Kier molecular flexibility index (Phi) is 7.22. The van der Waals surface area contributed by atoms with Crippen molar-refractivity contribution < 1.29 is 9.90 Å². The van der Waals surface area contributed by atoms with Gasteiger partial charge in [0.05, 0.1) is 6.33 Å². The van der Waals surface area contributed by atoms with Crippen LogP contribution in [0.1, 0.15) is 26.0 Å². The third-order valence-electron chi connectivity index (χ3n) is 1.23. The smallest absolute Gasteiger partial charge is 0.404 e. The van der Waals surface area contributed by atoms with Gasteiger partial charge < -0.3 is 15.4 Å². The zero-order valence-electron chi connectivity index (χ0n) is 8.58. The molecule has 5 nitrogen and oxygen atoms in total. The van der Waals surface area contributed by atoms with Gasteiger partial charge in [-0.1, -0.05) is 20.3 Å². The van der Waals surface area contributed by atoms with Crippen LogP contribution in [0.3, 0.4) is 0 Å². The second-order valence-corrected chi connectivity index (χ2v) is 2.77. The molecule has 0 atom stereocenters. The normalized spacial score (nSPS) is 8.71. The van der Waals surface area contributed by atoms with Gasteiger partial charge in [0, 0.05) is 24.9 Å². The third kappa shape index (κ3) is 7.15. The van der Waals surface area contributed by atoms with Gasteiger partial charge in [-0.3, -0.25) is 0 Å². The van der Waals surface area contributed by atoms with E-state index in [1.54, 1.807) is 12.5 Å². The molecule has 0 bridgehead atoms. The van der Waals surface area contributed by atoms with Crippen molar-refractivity contribution in [2.45, 2.75) is 26.7 Å². The Bertz CT molecular complexity index is 234. The summed E-state index contributed by atoms with van der Waals surface area (Å²) >= 11 is 0. The third-order valence-corrected chi connectivity index (χ3v) is 1.23. The lowest BCUT2D eigenvalue weighted by Crippen LogP contribution is -2.23. The summed E-state index contributed by atoms with van der Waals surface area (Å²) in [4.78, 5) is 16.6. The maximum absolute atomic E-state index is 9.99. The first-order chi connectivity index (χ1) is 6.70. The Morgan fingerprint density at radius 3 is 2.71 bits per heavy atom. The standard InChI is InChI=1S/C6H9N3O2.C3H8/c10-6(11)8-2-1-5-3-7-4-9-5;1-3-2/h3-4,8H,1-2H2,(H,7,9)(H,10,11);3H2,1-2H3. The number of hydrogen-bond acceptors (Lipinski definition) is 2. The van der Waals surface area contributed by atoms with Crippen LogP contribution in [0.5, 0.6) is 0 Å². The minimum atomic E-state index is -0.996. The molecule has 0 fully saturated rings. The number of carboxylic acid groups (broad SMARTS) is 1. The Hall–Kier alpha value is -1.52. The van der Waals surface area contributed by atoms with Crippen LogP contribution in [0.15, 0.2) is 12.5 Å². The number of imidazole rings is 1. The van der Waals surface area contributed by atoms with Gasteiger partial charge in [-0.15, -0.1) is 0 Å². The summed E-state index contributed by atoms with van der Waals surface area (Å²) in [6.45, 7) is 4.66. The van der Waals surface area contributed by atoms with E-state index in [2.05, 4.69) is 29.1 Å². The lowest BCUT2D eigenvalue weighted by molar-refractivity contribution is 0.194. The number of nitrogens with zero attached hydrogens (tertiary/aromatic N) is 1. The Labute approximate surface area is 83.6 Å². The van der Waals surface area contributed by atoms with E-state index in [1.165, 1.54) is 6.42 Å². The SMILES string of the molecule is CCC.O=C(O)NCCc1cnc[nH]1. The van der Waals surface area contributed by atoms with Crippen molar-refractivity contribution in [1.82, 2.24) is 15.3 Å². The zero-order valence-corrected chi connectivity index (χ0v) is 8.58. The minimum absolute atomic E-state index is 0.414. The lowest BCUT2D eigenvalue weighted by Gasteiger charge is -1.96. The van der Waals surface area contributed by atoms with Gasteiger partial charge in [-0.05, 0) is 0 Å². The highest BCUT2D eigenvalue weighted by Crippen LogP contribution is 1.89. The van der Waals surface area contributed by atoms with Crippen molar-refractivity contribution in [1.29, 1.82) is 0 Å². The van der Waals surface area contributed by atoms with E-state index < -0.39 is 6.09 Å². The second-order valence-electron chi connectivity index (χ2n) is 2.77. The highest BCUT2D eigenvalue weighted by Gasteiger charge is 1.95. The number of nitrogens with one attached hydrogen (secondary N) is 2. The molecule has 80 valence electrons. The van der Waals surface area contributed by atoms with E-state index in [0.29, 0.717) is 13.0 Å². The number of hydrogen-bond donors (Lipinski definition) is 3. The van der Waals surface area contributed by atoms with Crippen molar-refractivity contribution in [2.24, 2.45) is 0 Å². The van der Waals surface area contributed by atoms with Crippen LogP contribution in [-0.2, 0) is 6.42 Å². The first-order valence-electron chi connectivity index (χ1n) is 4.64. The Morgan fingerprint density at radius 2 is 2.29 bits per heavy atom. The summed E-state index contributed by atoms with van der Waals surface area (Å²) in [7, 11) is 0. The molecule has 0 aliphatic heterocycles. The number of aromatic nitrogens is 2. The molecular formula is C9H17N3O2. The molecule has 3 N–H and O–H groups in total. The van der Waals surface area contributed by atoms with Crippen molar-refractivity contribution in [3.8, 4) is 0 Å². The summed E-state index contributed by atoms with van der Waals surface area (Å²) in [6.07, 6.45) is 4.14. The molecule has 5 heteroatoms. The van der Waals surface area contributed by atoms with Gasteiger partial charge in [-0.25, -0.2) is 9.78 Å². The van der Waals surface area contributed by atoms with Crippen molar-refractivity contribution >= 4 is 6.09 Å². The van der Waals surface area contributed by atoms with E-state index in [4.69, 9.17) is 5.11 Å². The van der Waals surface area contributed by atoms with Gasteiger partial charge in [0.15, 0.2) is 0 Å². The lowest BCUT2D eigenvalue weighted by atomic mass is 10.3. The highest BCUT2D eigenvalue weighted by atomic mass is 16.4. The number of amides is 1. The fourth-order valence-corrected chi connectivity index (χ4v) is 0.726. The molecule has 0 aromatic carbocycles. The number of aromatic amines is 1. The van der Waals surface area contributed by atoms with Crippen LogP contribution in [-0.4, -0.2) is 27.7 Å². The quantitative estimate of drug-likeness (QED) is 0.692. The summed E-state index contributed by atoms with van der Waals surface area (Å²) in [6, 6.07) is 0. The maximum atomic E-state index is 9.99. The fraction of sp³-hybridized carbons (Fsp3) is 0.556. The Balaban J connectivity index is 0.000000500. The number of rotatable bonds is 3. The molecule has 1 amide bonds. The van der Waals surface area contributed by atoms with Gasteiger partial charge in [0.2, 0.25) is 0 Å². The van der Waals surface area contributed by atoms with Crippen LogP contribution in [0.4, 0.5) is 4.79 Å². The largest absolute Gasteiger partial charge is 0.465 e. The van der Waals surface area contributed by atoms with Crippen LogP contribution >= 0.6 is 0 Å². The Morgan fingerprint density at radius 1 is 1.64 bits per heavy atom. The van der Waals surface area contributed by atoms with Crippen molar-refractivity contribution in [3.05, 3.63) is 18.2 Å². The average molecular weight is 199 g/mol. The topological polar surface area (TPSA) is 78.0 Å². The monoisotopic (exact) mass is 199 g/mol. The number of carbonyl (C=O) groups is 1. The van der Waals surface area contributed by atoms with Crippen LogP contribution in [0.25, 0.3) is 0 Å². The van der Waals surface area contributed by atoms with Crippen LogP contribution in [0.2, 0.25) is 0 Å². The summed E-state index contributed by atoms with van der Waals surface area (Å²) in [5, 5.41) is 10.5. The highest BCUT2D eigenvalue weighted by molar-refractivity contribution is 5.64. The first-order valence-corrected chi connectivity index (χ1v) is 4.64. The van der Waals surface area contributed by atoms with E-state index in [0.717, 1.165) is 5.69 Å². The van der Waals surface area contributed by atoms with Gasteiger partial charge in [-0.2, -0.15) is 0 Å². The molecule has 1 aromatic heterocycles. The van der Waals surface area contributed by atoms with Gasteiger partial charge in [0.25, 0.3) is 0 Å². The summed E-state index contributed by atoms with van der Waals surface area (Å²) in [5.41, 5.74) is 0.929. The molecule has 1 heterocycles. The molecule has 1 rings (SSSR count). The van der Waals surface area contributed by atoms with Gasteiger partial charge >= 0.3 is 6.09 Å². The molecule has 0 aliphatic rings. The molecule has 0 spiro atoms. The molecular weight excluding hydrogens is 182 g/mol. The van der Waals surface area contributed by atoms with E-state index in [1.807, 2.05) is 0 Å². The molecule has 0 saturated heterocycles. The molecule has 0 saturated carbocycles. The van der Waals surface area contributed by atoms with E-state index in [9.17, 15) is 4.79 Å². The second kappa shape index (κ2) is 8.10. The summed E-state index contributed by atoms with van der Waals surface area (Å²) in [5.74, 6) is 0. The zero-order chi connectivity index (χ0) is 10.8. The average Bonchev–Trinajstić information content (AvgIpc) is 2.57. The maximum Gasteiger partial charge on any atom is 0.404 e.